The summed E-state index contributed by atoms with van der Waals surface area (Å²) in [5.74, 6) is 0.344. The molecule has 4 rings (SSSR count). The molecular weight excluding hydrogens is 521 g/mol. The predicted octanol–water partition coefficient (Wildman–Crippen LogP) is 5.61. The molecule has 0 unspecified atom stereocenters. The maximum absolute atomic E-state index is 13.1. The summed E-state index contributed by atoms with van der Waals surface area (Å²) >= 11 is 8.84. The minimum Gasteiger partial charge on any atom is -0.312 e. The fourth-order valence-corrected chi connectivity index (χ4v) is 5.93. The fourth-order valence-electron chi connectivity index (χ4n) is 3.55. The molecule has 0 bridgehead atoms. The van der Waals surface area contributed by atoms with Crippen LogP contribution in [-0.4, -0.2) is 20.9 Å². The minimum absolute atomic E-state index is 0.0487. The highest BCUT2D eigenvalue weighted by Gasteiger charge is 2.35. The van der Waals surface area contributed by atoms with Gasteiger partial charge in [0.25, 0.3) is 10.0 Å². The first-order chi connectivity index (χ1) is 14.5. The van der Waals surface area contributed by atoms with Crippen LogP contribution >= 0.6 is 27.5 Å². The Kier molecular flexibility index (Phi) is 5.76. The van der Waals surface area contributed by atoms with Crippen LogP contribution in [0, 0.1) is 5.92 Å². The lowest BCUT2D eigenvalue weighted by atomic mass is 10.2. The molecule has 31 heavy (non-hydrogen) atoms. The molecule has 5 nitrogen and oxygen atoms in total. The highest BCUT2D eigenvalue weighted by atomic mass is 79.9. The van der Waals surface area contributed by atoms with Crippen molar-refractivity contribution < 1.29 is 26.4 Å². The number of sulfonamides is 1. The van der Waals surface area contributed by atoms with Crippen LogP contribution < -0.4 is 9.62 Å². The number of nitrogens with zero attached hydrogens (tertiary/aromatic N) is 1. The Balaban J connectivity index is 1.65. The zero-order valence-corrected chi connectivity index (χ0v) is 19.1. The van der Waals surface area contributed by atoms with Crippen molar-refractivity contribution in [2.75, 3.05) is 16.2 Å². The smallest absolute Gasteiger partial charge is 0.312 e. The summed E-state index contributed by atoms with van der Waals surface area (Å²) in [4.78, 5) is 14.0. The van der Waals surface area contributed by atoms with Crippen LogP contribution in [0.1, 0.15) is 30.4 Å². The number of carbonyl (C=O) groups excluding carboxylic acids is 1. The van der Waals surface area contributed by atoms with Crippen molar-refractivity contribution in [1.82, 2.24) is 0 Å². The molecule has 0 saturated heterocycles. The summed E-state index contributed by atoms with van der Waals surface area (Å²) in [7, 11) is -4.25. The highest BCUT2D eigenvalue weighted by molar-refractivity contribution is 9.10. The number of rotatable bonds is 5. The fraction of sp³-hybridized carbons (Fsp3) is 0.350. The van der Waals surface area contributed by atoms with Gasteiger partial charge < -0.3 is 4.90 Å². The summed E-state index contributed by atoms with van der Waals surface area (Å²) in [6, 6.07) is 5.81. The molecule has 11 heteroatoms. The van der Waals surface area contributed by atoms with Crippen LogP contribution in [0.25, 0.3) is 0 Å². The van der Waals surface area contributed by atoms with E-state index >= 15 is 0 Å². The van der Waals surface area contributed by atoms with Gasteiger partial charge in [-0.1, -0.05) is 11.6 Å². The number of fused-ring (bicyclic) bond motifs is 1. The molecule has 2 aromatic carbocycles. The SMILES string of the molecule is O=C(CC1CC1)N1CCc2cc(Br)c(S(=O)(=O)Nc3ccc(Cl)c(C(F)(F)F)c3)cc21. The number of alkyl halides is 3. The van der Waals surface area contributed by atoms with Gasteiger partial charge in [0, 0.05) is 28.8 Å². The number of anilines is 2. The van der Waals surface area contributed by atoms with Crippen LogP contribution in [0.15, 0.2) is 39.7 Å². The van der Waals surface area contributed by atoms with Crippen molar-refractivity contribution in [3.8, 4) is 0 Å². The lowest BCUT2D eigenvalue weighted by Gasteiger charge is -2.19. The van der Waals surface area contributed by atoms with Gasteiger partial charge in [0.05, 0.1) is 10.6 Å². The van der Waals surface area contributed by atoms with Gasteiger partial charge in [-0.2, -0.15) is 13.2 Å². The lowest BCUT2D eigenvalue weighted by Crippen LogP contribution is -2.29. The quantitative estimate of drug-likeness (QED) is 0.539. The van der Waals surface area contributed by atoms with E-state index in [1.807, 2.05) is 0 Å². The van der Waals surface area contributed by atoms with Crippen LogP contribution in [0.5, 0.6) is 0 Å². The summed E-state index contributed by atoms with van der Waals surface area (Å²) in [6.45, 7) is 0.469. The third-order valence-electron chi connectivity index (χ3n) is 5.30. The average Bonchev–Trinajstić information content (AvgIpc) is 3.37. The Morgan fingerprint density at radius 2 is 1.94 bits per heavy atom. The second-order valence-corrected chi connectivity index (χ2v) is 10.6. The molecule has 1 aliphatic heterocycles. The second-order valence-electron chi connectivity index (χ2n) is 7.65. The van der Waals surface area contributed by atoms with Gasteiger partial charge in [-0.05, 0) is 77.0 Å². The number of halogens is 5. The van der Waals surface area contributed by atoms with Gasteiger partial charge in [0.1, 0.15) is 4.90 Å². The average molecular weight is 538 g/mol. The molecule has 1 N–H and O–H groups in total. The molecule has 0 radical (unpaired) electrons. The first-order valence-electron chi connectivity index (χ1n) is 9.48. The van der Waals surface area contributed by atoms with Crippen LogP contribution in [0.2, 0.25) is 5.02 Å². The van der Waals surface area contributed by atoms with Gasteiger partial charge in [-0.15, -0.1) is 0 Å². The van der Waals surface area contributed by atoms with Crippen LogP contribution in [-0.2, 0) is 27.4 Å². The van der Waals surface area contributed by atoms with E-state index in [0.717, 1.165) is 30.5 Å². The largest absolute Gasteiger partial charge is 0.417 e. The van der Waals surface area contributed by atoms with E-state index in [4.69, 9.17) is 11.6 Å². The summed E-state index contributed by atoms with van der Waals surface area (Å²) in [5.41, 5.74) is -0.0628. The van der Waals surface area contributed by atoms with Gasteiger partial charge in [-0.3, -0.25) is 9.52 Å². The zero-order chi connectivity index (χ0) is 22.6. The van der Waals surface area contributed by atoms with Gasteiger partial charge in [0.15, 0.2) is 0 Å². The Bertz CT molecular complexity index is 1170. The van der Waals surface area contributed by atoms with E-state index in [1.54, 1.807) is 11.0 Å². The van der Waals surface area contributed by atoms with E-state index in [-0.39, 0.29) is 21.0 Å². The third kappa shape index (κ3) is 4.70. The van der Waals surface area contributed by atoms with Gasteiger partial charge in [0.2, 0.25) is 5.91 Å². The highest BCUT2D eigenvalue weighted by Crippen LogP contribution is 2.40. The molecule has 1 aliphatic carbocycles. The topological polar surface area (TPSA) is 66.5 Å². The molecule has 166 valence electrons. The third-order valence-corrected chi connectivity index (χ3v) is 7.97. The normalized spacial score (nSPS) is 16.4. The van der Waals surface area contributed by atoms with E-state index in [1.165, 1.54) is 6.07 Å². The van der Waals surface area contributed by atoms with Crippen molar-refractivity contribution in [1.29, 1.82) is 0 Å². The van der Waals surface area contributed by atoms with Crippen LogP contribution in [0.4, 0.5) is 24.5 Å². The van der Waals surface area contributed by atoms with E-state index in [0.29, 0.717) is 37.1 Å². The minimum atomic E-state index is -4.73. The number of hydrogen-bond donors (Lipinski definition) is 1. The summed E-state index contributed by atoms with van der Waals surface area (Å²) < 4.78 is 67.7. The van der Waals surface area contributed by atoms with Gasteiger partial charge in [-0.25, -0.2) is 8.42 Å². The number of carbonyl (C=O) groups is 1. The summed E-state index contributed by atoms with van der Waals surface area (Å²) in [6.07, 6.45) is -1.64. The Labute approximate surface area is 190 Å². The molecule has 2 aliphatic rings. The molecule has 1 fully saturated rings. The first kappa shape index (κ1) is 22.4. The predicted molar refractivity (Wildman–Crippen MR) is 115 cm³/mol. The Hall–Kier alpha value is -1.78. The Morgan fingerprint density at radius 1 is 1.23 bits per heavy atom. The number of benzene rings is 2. The number of amides is 1. The molecule has 1 saturated carbocycles. The van der Waals surface area contributed by atoms with Gasteiger partial charge >= 0.3 is 6.18 Å². The van der Waals surface area contributed by atoms with E-state index < -0.39 is 26.8 Å². The van der Waals surface area contributed by atoms with Crippen LogP contribution in [0.3, 0.4) is 0 Å². The second kappa shape index (κ2) is 7.97. The van der Waals surface area contributed by atoms with Crippen molar-refractivity contribution in [2.45, 2.75) is 36.8 Å². The molecule has 2 aromatic rings. The molecular formula is C20H17BrClF3N2O3S. The lowest BCUT2D eigenvalue weighted by molar-refractivity contribution is -0.137. The molecule has 1 amide bonds. The zero-order valence-electron chi connectivity index (χ0n) is 16.0. The first-order valence-corrected chi connectivity index (χ1v) is 12.1. The number of nitrogens with one attached hydrogen (secondary N) is 1. The maximum atomic E-state index is 13.1. The molecule has 0 aromatic heterocycles. The summed E-state index contributed by atoms with van der Waals surface area (Å²) in [5, 5.41) is -0.529. The van der Waals surface area contributed by atoms with Crippen molar-refractivity contribution >= 4 is 54.8 Å². The number of hydrogen-bond acceptors (Lipinski definition) is 3. The Morgan fingerprint density at radius 3 is 2.58 bits per heavy atom. The monoisotopic (exact) mass is 536 g/mol. The van der Waals surface area contributed by atoms with Crippen molar-refractivity contribution in [2.24, 2.45) is 5.92 Å². The van der Waals surface area contributed by atoms with Crippen molar-refractivity contribution in [3.05, 3.63) is 51.0 Å². The molecule has 0 atom stereocenters. The molecule has 1 heterocycles. The van der Waals surface area contributed by atoms with Crippen molar-refractivity contribution in [3.63, 3.8) is 0 Å². The van der Waals surface area contributed by atoms with E-state index in [9.17, 15) is 26.4 Å². The van der Waals surface area contributed by atoms with E-state index in [2.05, 4.69) is 20.7 Å². The maximum Gasteiger partial charge on any atom is 0.417 e. The standard InChI is InChI=1S/C20H17BrClF3N2O3S/c21-15-8-12-5-6-27(19(28)7-11-1-2-11)17(12)10-18(15)31(29,30)26-13-3-4-16(22)14(9-13)20(23,24)25/h3-4,8-11,26H,1-2,5-7H2. The molecule has 0 spiro atoms.